The summed E-state index contributed by atoms with van der Waals surface area (Å²) >= 11 is 5.54. The van der Waals surface area contributed by atoms with Crippen LogP contribution in [0.2, 0.25) is 5.02 Å². The molecule has 0 saturated carbocycles. The van der Waals surface area contributed by atoms with E-state index in [2.05, 4.69) is 5.32 Å². The molecule has 0 spiro atoms. The predicted molar refractivity (Wildman–Crippen MR) is 61.3 cm³/mol. The standard InChI is InChI=1S/C6H5Cl.C4H8N2O2/c7-6-4-2-1-3-5-6;1-2-5-3-4-6(7)8/h1-5H;3-5H,2H2,1H3. The van der Waals surface area contributed by atoms with Gasteiger partial charge in [-0.05, 0) is 19.1 Å². The Kier molecular flexibility index (Phi) is 8.09. The zero-order chi connectivity index (χ0) is 11.5. The number of rotatable bonds is 3. The molecule has 0 radical (unpaired) electrons. The zero-order valence-electron chi connectivity index (χ0n) is 8.39. The largest absolute Gasteiger partial charge is 0.386 e. The molecule has 0 heterocycles. The van der Waals surface area contributed by atoms with Gasteiger partial charge in [-0.3, -0.25) is 10.1 Å². The topological polar surface area (TPSA) is 55.2 Å². The van der Waals surface area contributed by atoms with Gasteiger partial charge < -0.3 is 5.32 Å². The van der Waals surface area contributed by atoms with E-state index in [0.29, 0.717) is 6.54 Å². The summed E-state index contributed by atoms with van der Waals surface area (Å²) in [5, 5.41) is 13.0. The fourth-order valence-electron chi connectivity index (χ4n) is 0.646. The van der Waals surface area contributed by atoms with Crippen LogP contribution in [0.1, 0.15) is 6.92 Å². The van der Waals surface area contributed by atoms with E-state index in [-0.39, 0.29) is 0 Å². The highest BCUT2D eigenvalue weighted by atomic mass is 35.5. The Hall–Kier alpha value is -1.55. The van der Waals surface area contributed by atoms with Crippen LogP contribution < -0.4 is 5.32 Å². The van der Waals surface area contributed by atoms with Gasteiger partial charge in [-0.1, -0.05) is 29.8 Å². The zero-order valence-corrected chi connectivity index (χ0v) is 9.15. The van der Waals surface area contributed by atoms with Crippen LogP contribution in [0.25, 0.3) is 0 Å². The SMILES string of the molecule is CCNC=C[N+](=O)[O-].Clc1ccccc1. The van der Waals surface area contributed by atoms with Crippen LogP contribution in [0.4, 0.5) is 0 Å². The lowest BCUT2D eigenvalue weighted by Crippen LogP contribution is -2.02. The molecule has 5 heteroatoms. The minimum Gasteiger partial charge on any atom is -0.386 e. The molecule has 82 valence electrons. The van der Waals surface area contributed by atoms with Crippen molar-refractivity contribution in [2.75, 3.05) is 6.54 Å². The summed E-state index contributed by atoms with van der Waals surface area (Å²) in [6, 6.07) is 9.44. The van der Waals surface area contributed by atoms with Gasteiger partial charge >= 0.3 is 0 Å². The third-order valence-corrected chi connectivity index (χ3v) is 1.50. The summed E-state index contributed by atoms with van der Waals surface area (Å²) in [4.78, 5) is 9.04. The quantitative estimate of drug-likeness (QED) is 0.639. The monoisotopic (exact) mass is 228 g/mol. The third-order valence-electron chi connectivity index (χ3n) is 1.25. The molecule has 0 amide bonds. The van der Waals surface area contributed by atoms with E-state index in [1.165, 1.54) is 6.20 Å². The maximum Gasteiger partial charge on any atom is 0.249 e. The molecular weight excluding hydrogens is 216 g/mol. The van der Waals surface area contributed by atoms with Crippen molar-refractivity contribution in [1.29, 1.82) is 0 Å². The Labute approximate surface area is 93.7 Å². The van der Waals surface area contributed by atoms with Crippen molar-refractivity contribution < 1.29 is 4.92 Å². The van der Waals surface area contributed by atoms with Gasteiger partial charge in [0.15, 0.2) is 0 Å². The van der Waals surface area contributed by atoms with Crippen molar-refractivity contribution in [2.45, 2.75) is 6.92 Å². The molecule has 0 aliphatic carbocycles. The highest BCUT2D eigenvalue weighted by molar-refractivity contribution is 6.30. The summed E-state index contributed by atoms with van der Waals surface area (Å²) in [5.41, 5.74) is 0. The van der Waals surface area contributed by atoms with Crippen LogP contribution in [-0.4, -0.2) is 11.5 Å². The molecule has 0 aromatic heterocycles. The van der Waals surface area contributed by atoms with Gasteiger partial charge in [0.2, 0.25) is 6.20 Å². The lowest BCUT2D eigenvalue weighted by molar-refractivity contribution is -0.402. The van der Waals surface area contributed by atoms with Crippen molar-refractivity contribution >= 4 is 11.6 Å². The second-order valence-corrected chi connectivity index (χ2v) is 2.89. The maximum absolute atomic E-state index is 9.55. The van der Waals surface area contributed by atoms with Gasteiger partial charge in [0, 0.05) is 11.6 Å². The molecular formula is C10H13ClN2O2. The molecule has 0 bridgehead atoms. The van der Waals surface area contributed by atoms with Gasteiger partial charge in [0.1, 0.15) is 0 Å². The van der Waals surface area contributed by atoms with Crippen LogP contribution in [0.15, 0.2) is 42.7 Å². The summed E-state index contributed by atoms with van der Waals surface area (Å²) in [5.74, 6) is 0. The van der Waals surface area contributed by atoms with E-state index in [9.17, 15) is 10.1 Å². The molecule has 0 unspecified atom stereocenters. The molecule has 4 nitrogen and oxygen atoms in total. The van der Waals surface area contributed by atoms with Crippen LogP contribution in [0, 0.1) is 10.1 Å². The van der Waals surface area contributed by atoms with Crippen LogP contribution >= 0.6 is 11.6 Å². The number of hydrogen-bond acceptors (Lipinski definition) is 3. The number of nitro groups is 1. The van der Waals surface area contributed by atoms with Gasteiger partial charge in [-0.15, -0.1) is 0 Å². The van der Waals surface area contributed by atoms with Crippen molar-refractivity contribution in [1.82, 2.24) is 5.32 Å². The molecule has 15 heavy (non-hydrogen) atoms. The number of hydrogen-bond donors (Lipinski definition) is 1. The number of halogens is 1. The molecule has 0 fully saturated rings. The Morgan fingerprint density at radius 2 is 2.07 bits per heavy atom. The molecule has 0 aliphatic rings. The minimum absolute atomic E-state index is 0.511. The van der Waals surface area contributed by atoms with E-state index < -0.39 is 4.92 Å². The van der Waals surface area contributed by atoms with Crippen molar-refractivity contribution in [3.63, 3.8) is 0 Å². The molecule has 1 rings (SSSR count). The van der Waals surface area contributed by atoms with Gasteiger partial charge in [-0.25, -0.2) is 0 Å². The summed E-state index contributed by atoms with van der Waals surface area (Å²) < 4.78 is 0. The number of benzene rings is 1. The van der Waals surface area contributed by atoms with Crippen molar-refractivity contribution in [3.8, 4) is 0 Å². The Morgan fingerprint density at radius 1 is 1.47 bits per heavy atom. The number of nitrogens with zero attached hydrogens (tertiary/aromatic N) is 1. The fraction of sp³-hybridized carbons (Fsp3) is 0.200. The molecule has 0 saturated heterocycles. The first-order valence-electron chi connectivity index (χ1n) is 4.41. The summed E-state index contributed by atoms with van der Waals surface area (Å²) in [6.07, 6.45) is 2.17. The lowest BCUT2D eigenvalue weighted by Gasteiger charge is -1.85. The van der Waals surface area contributed by atoms with Crippen LogP contribution in [-0.2, 0) is 0 Å². The average molecular weight is 229 g/mol. The summed E-state index contributed by atoms with van der Waals surface area (Å²) in [7, 11) is 0. The van der Waals surface area contributed by atoms with Gasteiger partial charge in [-0.2, -0.15) is 0 Å². The fourth-order valence-corrected chi connectivity index (χ4v) is 0.792. The Balaban J connectivity index is 0.000000262. The first-order valence-corrected chi connectivity index (χ1v) is 4.78. The second kappa shape index (κ2) is 9.02. The normalized spacial score (nSPS) is 9.20. The van der Waals surface area contributed by atoms with E-state index in [4.69, 9.17) is 11.6 Å². The van der Waals surface area contributed by atoms with E-state index >= 15 is 0 Å². The minimum atomic E-state index is -0.511. The van der Waals surface area contributed by atoms with E-state index in [1.54, 1.807) is 0 Å². The van der Waals surface area contributed by atoms with Gasteiger partial charge in [0.25, 0.3) is 0 Å². The average Bonchev–Trinajstić information content (AvgIpc) is 2.20. The predicted octanol–water partition coefficient (Wildman–Crippen LogP) is 2.68. The smallest absolute Gasteiger partial charge is 0.249 e. The van der Waals surface area contributed by atoms with E-state index in [0.717, 1.165) is 11.2 Å². The Morgan fingerprint density at radius 3 is 2.40 bits per heavy atom. The first-order chi connectivity index (χ1) is 7.16. The highest BCUT2D eigenvalue weighted by Crippen LogP contribution is 2.03. The Bertz CT molecular complexity index is 302. The molecule has 1 aromatic rings. The van der Waals surface area contributed by atoms with Crippen LogP contribution in [0.3, 0.4) is 0 Å². The van der Waals surface area contributed by atoms with Crippen molar-refractivity contribution in [2.24, 2.45) is 0 Å². The summed E-state index contributed by atoms with van der Waals surface area (Å²) in [6.45, 7) is 2.58. The number of nitrogens with one attached hydrogen (secondary N) is 1. The highest BCUT2D eigenvalue weighted by Gasteiger charge is 1.78. The van der Waals surface area contributed by atoms with E-state index in [1.807, 2.05) is 37.3 Å². The van der Waals surface area contributed by atoms with Crippen LogP contribution in [0.5, 0.6) is 0 Å². The van der Waals surface area contributed by atoms with Crippen molar-refractivity contribution in [3.05, 3.63) is 57.9 Å². The maximum atomic E-state index is 9.55. The second-order valence-electron chi connectivity index (χ2n) is 2.45. The first kappa shape index (κ1) is 13.4. The lowest BCUT2D eigenvalue weighted by atomic mass is 10.4. The third kappa shape index (κ3) is 10.4. The molecule has 0 atom stereocenters. The molecule has 1 aromatic carbocycles. The molecule has 1 N–H and O–H groups in total. The molecule has 0 aliphatic heterocycles. The van der Waals surface area contributed by atoms with Gasteiger partial charge in [0.05, 0.1) is 11.1 Å².